The molecule has 2 N–H and O–H groups in total. The lowest BCUT2D eigenvalue weighted by Gasteiger charge is -2.18. The second-order valence-corrected chi connectivity index (χ2v) is 6.29. The van der Waals surface area contributed by atoms with E-state index in [0.717, 1.165) is 0 Å². The second kappa shape index (κ2) is 5.81. The van der Waals surface area contributed by atoms with Crippen molar-refractivity contribution in [3.8, 4) is 11.1 Å². The van der Waals surface area contributed by atoms with Gasteiger partial charge in [0.05, 0.1) is 0 Å². The van der Waals surface area contributed by atoms with Gasteiger partial charge in [-0.25, -0.2) is 0 Å². The lowest BCUT2D eigenvalue weighted by Crippen LogP contribution is -2.20. The van der Waals surface area contributed by atoms with Gasteiger partial charge in [0, 0.05) is 6.04 Å². The van der Waals surface area contributed by atoms with Gasteiger partial charge < -0.3 is 5.73 Å². The van der Waals surface area contributed by atoms with Gasteiger partial charge in [-0.2, -0.15) is 11.8 Å². The minimum Gasteiger partial charge on any atom is -0.324 e. The smallest absolute Gasteiger partial charge is 0.0331 e. The SMILES string of the molecule is NC(c1ccc(-c2ccccc2)cc1)C1CCSC1. The number of thioether (sulfide) groups is 1. The summed E-state index contributed by atoms with van der Waals surface area (Å²) in [6, 6.07) is 19.4. The fourth-order valence-electron chi connectivity index (χ4n) is 2.64. The molecule has 0 aliphatic carbocycles. The Morgan fingerprint density at radius 1 is 0.947 bits per heavy atom. The van der Waals surface area contributed by atoms with Crippen LogP contribution in [0.4, 0.5) is 0 Å². The van der Waals surface area contributed by atoms with Crippen LogP contribution in [-0.4, -0.2) is 11.5 Å². The van der Waals surface area contributed by atoms with E-state index >= 15 is 0 Å². The predicted molar refractivity (Wildman–Crippen MR) is 84.2 cm³/mol. The van der Waals surface area contributed by atoms with E-state index in [1.807, 2.05) is 17.8 Å². The van der Waals surface area contributed by atoms with Crippen LogP contribution in [0, 0.1) is 5.92 Å². The highest BCUT2D eigenvalue weighted by atomic mass is 32.2. The number of rotatable bonds is 3. The third-order valence-electron chi connectivity index (χ3n) is 3.88. The summed E-state index contributed by atoms with van der Waals surface area (Å²) in [6.45, 7) is 0. The van der Waals surface area contributed by atoms with Gasteiger partial charge in [0.15, 0.2) is 0 Å². The zero-order valence-electron chi connectivity index (χ0n) is 11.0. The van der Waals surface area contributed by atoms with Gasteiger partial charge >= 0.3 is 0 Å². The van der Waals surface area contributed by atoms with Crippen molar-refractivity contribution in [3.63, 3.8) is 0 Å². The van der Waals surface area contributed by atoms with Crippen molar-refractivity contribution in [1.29, 1.82) is 0 Å². The van der Waals surface area contributed by atoms with E-state index in [9.17, 15) is 0 Å². The number of benzene rings is 2. The van der Waals surface area contributed by atoms with Gasteiger partial charge in [0.2, 0.25) is 0 Å². The molecular formula is C17H19NS. The van der Waals surface area contributed by atoms with Gasteiger partial charge in [0.1, 0.15) is 0 Å². The van der Waals surface area contributed by atoms with Crippen LogP contribution >= 0.6 is 11.8 Å². The van der Waals surface area contributed by atoms with Crippen LogP contribution in [0.15, 0.2) is 54.6 Å². The molecule has 2 aromatic rings. The van der Waals surface area contributed by atoms with E-state index in [-0.39, 0.29) is 6.04 Å². The molecule has 98 valence electrons. The average molecular weight is 269 g/mol. The molecule has 3 rings (SSSR count). The van der Waals surface area contributed by atoms with Crippen molar-refractivity contribution >= 4 is 11.8 Å². The molecular weight excluding hydrogens is 250 g/mol. The van der Waals surface area contributed by atoms with Gasteiger partial charge in [-0.3, -0.25) is 0 Å². The topological polar surface area (TPSA) is 26.0 Å². The van der Waals surface area contributed by atoms with E-state index in [1.54, 1.807) is 0 Å². The first-order valence-electron chi connectivity index (χ1n) is 6.83. The summed E-state index contributed by atoms with van der Waals surface area (Å²) in [6.07, 6.45) is 1.26. The minimum atomic E-state index is 0.194. The molecule has 0 saturated carbocycles. The third-order valence-corrected chi connectivity index (χ3v) is 5.06. The zero-order chi connectivity index (χ0) is 13.1. The van der Waals surface area contributed by atoms with Crippen molar-refractivity contribution in [2.24, 2.45) is 11.7 Å². The molecule has 2 heteroatoms. The molecule has 0 amide bonds. The van der Waals surface area contributed by atoms with Gasteiger partial charge in [-0.15, -0.1) is 0 Å². The lowest BCUT2D eigenvalue weighted by atomic mass is 9.92. The van der Waals surface area contributed by atoms with E-state index < -0.39 is 0 Å². The highest BCUT2D eigenvalue weighted by Gasteiger charge is 2.23. The molecule has 0 spiro atoms. The van der Waals surface area contributed by atoms with E-state index in [4.69, 9.17) is 5.73 Å². The standard InChI is InChI=1S/C17H19NS/c18-17(16-10-11-19-12-16)15-8-6-14(7-9-15)13-4-2-1-3-5-13/h1-9,16-17H,10-12,18H2. The lowest BCUT2D eigenvalue weighted by molar-refractivity contribution is 0.482. The molecule has 1 saturated heterocycles. The Morgan fingerprint density at radius 2 is 1.63 bits per heavy atom. The molecule has 19 heavy (non-hydrogen) atoms. The highest BCUT2D eigenvalue weighted by Crippen LogP contribution is 2.33. The summed E-state index contributed by atoms with van der Waals surface area (Å²) < 4.78 is 0. The fourth-order valence-corrected chi connectivity index (χ4v) is 3.95. The molecule has 2 unspecified atom stereocenters. The second-order valence-electron chi connectivity index (χ2n) is 5.14. The maximum atomic E-state index is 6.38. The Bertz CT molecular complexity index is 515. The van der Waals surface area contributed by atoms with Crippen LogP contribution in [0.2, 0.25) is 0 Å². The predicted octanol–water partition coefficient (Wildman–Crippen LogP) is 4.11. The largest absolute Gasteiger partial charge is 0.324 e. The minimum absolute atomic E-state index is 0.194. The molecule has 1 aliphatic heterocycles. The first-order valence-corrected chi connectivity index (χ1v) is 7.99. The molecule has 0 radical (unpaired) electrons. The monoisotopic (exact) mass is 269 g/mol. The van der Waals surface area contributed by atoms with E-state index in [2.05, 4.69) is 48.5 Å². The van der Waals surface area contributed by atoms with E-state index in [1.165, 1.54) is 34.6 Å². The van der Waals surface area contributed by atoms with Crippen molar-refractivity contribution in [3.05, 3.63) is 60.2 Å². The number of nitrogens with two attached hydrogens (primary N) is 1. The van der Waals surface area contributed by atoms with Gasteiger partial charge in [-0.05, 0) is 40.5 Å². The summed E-state index contributed by atoms with van der Waals surface area (Å²) in [5, 5.41) is 0. The first-order chi connectivity index (χ1) is 9.34. The highest BCUT2D eigenvalue weighted by molar-refractivity contribution is 7.99. The van der Waals surface area contributed by atoms with E-state index in [0.29, 0.717) is 5.92 Å². The molecule has 0 aromatic heterocycles. The van der Waals surface area contributed by atoms with Crippen LogP contribution in [0.25, 0.3) is 11.1 Å². The molecule has 1 fully saturated rings. The Labute approximate surface area is 119 Å². The van der Waals surface area contributed by atoms with Crippen molar-refractivity contribution in [2.75, 3.05) is 11.5 Å². The summed E-state index contributed by atoms with van der Waals surface area (Å²) in [5.41, 5.74) is 10.2. The Balaban J connectivity index is 1.79. The Morgan fingerprint density at radius 3 is 2.26 bits per heavy atom. The molecule has 1 nitrogen and oxygen atoms in total. The summed E-state index contributed by atoms with van der Waals surface area (Å²) in [7, 11) is 0. The quantitative estimate of drug-likeness (QED) is 0.907. The Kier molecular flexibility index (Phi) is 3.90. The number of hydrogen-bond acceptors (Lipinski definition) is 2. The summed E-state index contributed by atoms with van der Waals surface area (Å²) >= 11 is 2.03. The van der Waals surface area contributed by atoms with Crippen LogP contribution < -0.4 is 5.73 Å². The van der Waals surface area contributed by atoms with Crippen molar-refractivity contribution in [1.82, 2.24) is 0 Å². The molecule has 2 atom stereocenters. The average Bonchev–Trinajstić information content (AvgIpc) is 3.02. The maximum Gasteiger partial charge on any atom is 0.0331 e. The molecule has 2 aromatic carbocycles. The normalized spacial score (nSPS) is 20.4. The van der Waals surface area contributed by atoms with Gasteiger partial charge in [-0.1, -0.05) is 54.6 Å². The van der Waals surface area contributed by atoms with Crippen molar-refractivity contribution < 1.29 is 0 Å². The number of hydrogen-bond donors (Lipinski definition) is 1. The van der Waals surface area contributed by atoms with Crippen LogP contribution in [0.1, 0.15) is 18.0 Å². The zero-order valence-corrected chi connectivity index (χ0v) is 11.8. The molecule has 0 bridgehead atoms. The Hall–Kier alpha value is -1.25. The van der Waals surface area contributed by atoms with Crippen LogP contribution in [-0.2, 0) is 0 Å². The third kappa shape index (κ3) is 2.85. The van der Waals surface area contributed by atoms with Crippen LogP contribution in [0.3, 0.4) is 0 Å². The van der Waals surface area contributed by atoms with Crippen LogP contribution in [0.5, 0.6) is 0 Å². The van der Waals surface area contributed by atoms with Crippen molar-refractivity contribution in [2.45, 2.75) is 12.5 Å². The fraction of sp³-hybridized carbons (Fsp3) is 0.294. The van der Waals surface area contributed by atoms with Gasteiger partial charge in [0.25, 0.3) is 0 Å². The molecule has 1 heterocycles. The summed E-state index contributed by atoms with van der Waals surface area (Å²) in [4.78, 5) is 0. The summed E-state index contributed by atoms with van der Waals surface area (Å²) in [5.74, 6) is 3.12. The maximum absolute atomic E-state index is 6.38. The molecule has 1 aliphatic rings. The first kappa shape index (κ1) is 12.8.